The number of nitrogens with one attached hydrogen (secondary N) is 1. The molecule has 1 aliphatic heterocycles. The third-order valence-corrected chi connectivity index (χ3v) is 3.18. The monoisotopic (exact) mass is 195 g/mol. The smallest absolute Gasteiger partial charge is 0.144 e. The summed E-state index contributed by atoms with van der Waals surface area (Å²) in [6.07, 6.45) is 3.61. The Morgan fingerprint density at radius 2 is 2.29 bits per heavy atom. The maximum Gasteiger partial charge on any atom is 0.144 e. The van der Waals surface area contributed by atoms with Gasteiger partial charge in [-0.15, -0.1) is 0 Å². The van der Waals surface area contributed by atoms with E-state index in [1.807, 2.05) is 0 Å². The Morgan fingerprint density at radius 3 is 2.79 bits per heavy atom. The second-order valence-corrected chi connectivity index (χ2v) is 4.54. The number of rotatable bonds is 4. The van der Waals surface area contributed by atoms with E-state index < -0.39 is 0 Å². The topological polar surface area (TPSA) is 29.1 Å². The molecule has 0 aliphatic carbocycles. The van der Waals surface area contributed by atoms with Crippen LogP contribution in [0.3, 0.4) is 0 Å². The van der Waals surface area contributed by atoms with Gasteiger partial charge in [0.05, 0.1) is 0 Å². The van der Waals surface area contributed by atoms with Gasteiger partial charge in [0, 0.05) is 18.4 Å². The van der Waals surface area contributed by atoms with Gasteiger partial charge in [0.1, 0.15) is 5.78 Å². The van der Waals surface area contributed by atoms with Crippen molar-refractivity contribution in [1.82, 2.24) is 5.32 Å². The summed E-state index contributed by atoms with van der Waals surface area (Å²) in [6, 6.07) is 0. The second kappa shape index (κ2) is 4.74. The van der Waals surface area contributed by atoms with E-state index in [4.69, 9.17) is 0 Å². The fourth-order valence-electron chi connectivity index (χ4n) is 1.86. The van der Waals surface area contributed by atoms with E-state index in [-0.39, 0.29) is 5.41 Å². The van der Waals surface area contributed by atoms with Crippen molar-refractivity contribution in [1.29, 1.82) is 0 Å². The molecule has 1 saturated heterocycles. The van der Waals surface area contributed by atoms with Gasteiger partial charge in [0.15, 0.2) is 0 Å². The minimum atomic E-state index is -0.142. The van der Waals surface area contributed by atoms with Crippen LogP contribution in [0.2, 0.25) is 0 Å². The molecule has 1 heterocycles. The molecule has 1 rings (SSSR count). The van der Waals surface area contributed by atoms with E-state index in [0.29, 0.717) is 12.2 Å². The van der Waals surface area contributed by atoms with Crippen molar-refractivity contribution >= 4 is 5.78 Å². The van der Waals surface area contributed by atoms with Crippen LogP contribution in [-0.4, -0.2) is 18.9 Å². The predicted molar refractivity (Wildman–Crippen MR) is 59.3 cm³/mol. The molecule has 1 fully saturated rings. The average molecular weight is 195 g/mol. The standard InChI is InChI=1S/C12H21NO/c1-4-10(2)8-11(14)12(3)6-5-7-13-9-12/h13H,2,4-9H2,1,3H3. The molecule has 1 aliphatic rings. The summed E-state index contributed by atoms with van der Waals surface area (Å²) in [5.41, 5.74) is 0.915. The van der Waals surface area contributed by atoms with Gasteiger partial charge in [-0.3, -0.25) is 4.79 Å². The summed E-state index contributed by atoms with van der Waals surface area (Å²) in [5, 5.41) is 3.30. The van der Waals surface area contributed by atoms with E-state index in [0.717, 1.165) is 37.9 Å². The number of Topliss-reactive ketones (excluding diaryl/α,β-unsaturated/α-hetero) is 1. The summed E-state index contributed by atoms with van der Waals surface area (Å²) in [5.74, 6) is 0.358. The molecular formula is C12H21NO. The Balaban J connectivity index is 2.53. The van der Waals surface area contributed by atoms with E-state index in [1.165, 1.54) is 0 Å². The van der Waals surface area contributed by atoms with Gasteiger partial charge < -0.3 is 5.32 Å². The van der Waals surface area contributed by atoms with Gasteiger partial charge in [0.25, 0.3) is 0 Å². The first-order chi connectivity index (χ1) is 6.58. The minimum Gasteiger partial charge on any atom is -0.316 e. The molecule has 14 heavy (non-hydrogen) atoms. The van der Waals surface area contributed by atoms with Crippen LogP contribution in [0.4, 0.5) is 0 Å². The highest BCUT2D eigenvalue weighted by Crippen LogP contribution is 2.29. The number of carbonyl (C=O) groups excluding carboxylic acids is 1. The quantitative estimate of drug-likeness (QED) is 0.697. The number of ketones is 1. The molecule has 0 aromatic rings. The molecule has 2 nitrogen and oxygen atoms in total. The fraction of sp³-hybridized carbons (Fsp3) is 0.750. The molecule has 0 bridgehead atoms. The van der Waals surface area contributed by atoms with Crippen molar-refractivity contribution in [3.8, 4) is 0 Å². The molecule has 0 aromatic heterocycles. The van der Waals surface area contributed by atoms with Gasteiger partial charge in [0.2, 0.25) is 0 Å². The van der Waals surface area contributed by atoms with Gasteiger partial charge in [-0.05, 0) is 25.8 Å². The van der Waals surface area contributed by atoms with Crippen LogP contribution in [0.5, 0.6) is 0 Å². The average Bonchev–Trinajstić information content (AvgIpc) is 2.18. The van der Waals surface area contributed by atoms with Crippen molar-refractivity contribution in [2.75, 3.05) is 13.1 Å². The number of allylic oxidation sites excluding steroid dienone is 1. The first kappa shape index (κ1) is 11.4. The molecule has 0 amide bonds. The zero-order valence-electron chi connectivity index (χ0n) is 9.36. The molecule has 80 valence electrons. The van der Waals surface area contributed by atoms with Crippen molar-refractivity contribution in [3.05, 3.63) is 12.2 Å². The van der Waals surface area contributed by atoms with E-state index in [9.17, 15) is 4.79 Å². The Kier molecular flexibility index (Phi) is 3.87. The first-order valence-corrected chi connectivity index (χ1v) is 5.49. The lowest BCUT2D eigenvalue weighted by molar-refractivity contribution is -0.128. The molecule has 1 N–H and O–H groups in total. The molecule has 1 unspecified atom stereocenters. The number of carbonyl (C=O) groups is 1. The van der Waals surface area contributed by atoms with Crippen LogP contribution in [0.25, 0.3) is 0 Å². The summed E-state index contributed by atoms with van der Waals surface area (Å²) >= 11 is 0. The molecule has 0 spiro atoms. The van der Waals surface area contributed by atoms with E-state index in [2.05, 4.69) is 25.7 Å². The Morgan fingerprint density at radius 1 is 1.57 bits per heavy atom. The highest BCUT2D eigenvalue weighted by atomic mass is 16.1. The van der Waals surface area contributed by atoms with Crippen molar-refractivity contribution in [2.45, 2.75) is 39.5 Å². The molecule has 2 heteroatoms. The SMILES string of the molecule is C=C(CC)CC(=O)C1(C)CCCNC1. The largest absolute Gasteiger partial charge is 0.316 e. The zero-order chi connectivity index (χ0) is 10.6. The Bertz CT molecular complexity index is 226. The lowest BCUT2D eigenvalue weighted by Gasteiger charge is -2.32. The highest BCUT2D eigenvalue weighted by Gasteiger charge is 2.33. The molecular weight excluding hydrogens is 174 g/mol. The summed E-state index contributed by atoms with van der Waals surface area (Å²) in [6.45, 7) is 9.91. The minimum absolute atomic E-state index is 0.142. The van der Waals surface area contributed by atoms with E-state index in [1.54, 1.807) is 0 Å². The zero-order valence-corrected chi connectivity index (χ0v) is 9.36. The number of hydrogen-bond acceptors (Lipinski definition) is 2. The number of piperidine rings is 1. The van der Waals surface area contributed by atoms with Crippen LogP contribution in [0.15, 0.2) is 12.2 Å². The van der Waals surface area contributed by atoms with Crippen LogP contribution in [0.1, 0.15) is 39.5 Å². The molecule has 0 aromatic carbocycles. The third kappa shape index (κ3) is 2.68. The molecule has 0 saturated carbocycles. The van der Waals surface area contributed by atoms with Crippen molar-refractivity contribution < 1.29 is 4.79 Å². The Hall–Kier alpha value is -0.630. The maximum absolute atomic E-state index is 12.0. The van der Waals surface area contributed by atoms with Crippen LogP contribution in [-0.2, 0) is 4.79 Å². The molecule has 1 atom stereocenters. The summed E-state index contributed by atoms with van der Waals surface area (Å²) in [7, 11) is 0. The van der Waals surface area contributed by atoms with Gasteiger partial charge in [-0.25, -0.2) is 0 Å². The highest BCUT2D eigenvalue weighted by molar-refractivity contribution is 5.86. The predicted octanol–water partition coefficient (Wildman–Crippen LogP) is 2.30. The fourth-order valence-corrected chi connectivity index (χ4v) is 1.86. The Labute approximate surface area is 86.8 Å². The maximum atomic E-state index is 12.0. The van der Waals surface area contributed by atoms with E-state index >= 15 is 0 Å². The van der Waals surface area contributed by atoms with Crippen molar-refractivity contribution in [3.63, 3.8) is 0 Å². The number of hydrogen-bond donors (Lipinski definition) is 1. The summed E-state index contributed by atoms with van der Waals surface area (Å²) in [4.78, 5) is 12.0. The van der Waals surface area contributed by atoms with Crippen LogP contribution < -0.4 is 5.32 Å². The normalized spacial score (nSPS) is 27.3. The second-order valence-electron chi connectivity index (χ2n) is 4.54. The van der Waals surface area contributed by atoms with Gasteiger partial charge in [-0.2, -0.15) is 0 Å². The van der Waals surface area contributed by atoms with Gasteiger partial charge in [-0.1, -0.05) is 26.0 Å². The van der Waals surface area contributed by atoms with Crippen LogP contribution in [0, 0.1) is 5.41 Å². The first-order valence-electron chi connectivity index (χ1n) is 5.49. The molecule has 0 radical (unpaired) electrons. The summed E-state index contributed by atoms with van der Waals surface area (Å²) < 4.78 is 0. The van der Waals surface area contributed by atoms with Crippen molar-refractivity contribution in [2.24, 2.45) is 5.41 Å². The third-order valence-electron chi connectivity index (χ3n) is 3.18. The van der Waals surface area contributed by atoms with Crippen LogP contribution >= 0.6 is 0 Å². The lowest BCUT2D eigenvalue weighted by Crippen LogP contribution is -2.43. The van der Waals surface area contributed by atoms with Gasteiger partial charge >= 0.3 is 0 Å². The lowest BCUT2D eigenvalue weighted by atomic mass is 9.77.